The van der Waals surface area contributed by atoms with Crippen LogP contribution in [0.15, 0.2) is 0 Å². The van der Waals surface area contributed by atoms with E-state index in [1.54, 1.807) is 0 Å². The molecule has 0 N–H and O–H groups in total. The smallest absolute Gasteiger partial charge is 0.0221 e. The van der Waals surface area contributed by atoms with Gasteiger partial charge in [0.1, 0.15) is 0 Å². The van der Waals surface area contributed by atoms with Gasteiger partial charge in [0.2, 0.25) is 0 Å². The van der Waals surface area contributed by atoms with Crippen molar-refractivity contribution in [2.24, 2.45) is 5.92 Å². The monoisotopic (exact) mass is 297 g/mol. The molecule has 2 saturated heterocycles. The minimum absolute atomic E-state index is 0.708. The normalized spacial score (nSPS) is 26.7. The van der Waals surface area contributed by atoms with Gasteiger partial charge in [-0.1, -0.05) is 20.8 Å². The molecule has 2 heterocycles. The van der Waals surface area contributed by atoms with Crippen LogP contribution in [-0.4, -0.2) is 73.1 Å². The molecule has 0 spiro atoms. The lowest BCUT2D eigenvalue weighted by Gasteiger charge is -2.44. The quantitative estimate of drug-likeness (QED) is 0.789. The Morgan fingerprint density at radius 3 is 2.14 bits per heavy atom. The van der Waals surface area contributed by atoms with Gasteiger partial charge in [-0.15, -0.1) is 0 Å². The van der Waals surface area contributed by atoms with Crippen LogP contribution in [0.4, 0.5) is 0 Å². The van der Waals surface area contributed by atoms with Gasteiger partial charge in [0.25, 0.3) is 0 Å². The van der Waals surface area contributed by atoms with Gasteiger partial charge in [-0.2, -0.15) is 0 Å². The Labute approximate surface area is 133 Å². The summed E-state index contributed by atoms with van der Waals surface area (Å²) in [6.45, 7) is 18.8. The van der Waals surface area contributed by atoms with Crippen LogP contribution in [-0.2, 0) is 0 Å². The summed E-state index contributed by atoms with van der Waals surface area (Å²) in [7, 11) is 2.26. The molecule has 2 fully saturated rings. The summed E-state index contributed by atoms with van der Waals surface area (Å²) in [5.74, 6) is 0.941. The zero-order valence-corrected chi connectivity index (χ0v) is 15.4. The van der Waals surface area contributed by atoms with Gasteiger partial charge in [-0.05, 0) is 59.2 Å². The zero-order chi connectivity index (χ0) is 15.8. The SMILES string of the molecule is CC.CCC1CN(C(C)C)CCN1CC1CCN(C)CC1. The van der Waals surface area contributed by atoms with Crippen LogP contribution >= 0.6 is 0 Å². The highest BCUT2D eigenvalue weighted by Gasteiger charge is 2.29. The van der Waals surface area contributed by atoms with Gasteiger partial charge in [0, 0.05) is 38.3 Å². The largest absolute Gasteiger partial charge is 0.306 e. The van der Waals surface area contributed by atoms with Crippen molar-refractivity contribution in [2.75, 3.05) is 46.3 Å². The summed E-state index contributed by atoms with van der Waals surface area (Å²) in [6.07, 6.45) is 4.10. The lowest BCUT2D eigenvalue weighted by Crippen LogP contribution is -2.56. The number of likely N-dealkylation sites (tertiary alicyclic amines) is 1. The fourth-order valence-electron chi connectivity index (χ4n) is 3.59. The molecule has 2 aliphatic heterocycles. The average Bonchev–Trinajstić information content (AvgIpc) is 2.51. The lowest BCUT2D eigenvalue weighted by atomic mass is 9.95. The number of hydrogen-bond acceptors (Lipinski definition) is 3. The molecule has 2 rings (SSSR count). The lowest BCUT2D eigenvalue weighted by molar-refractivity contribution is 0.0362. The van der Waals surface area contributed by atoms with Crippen molar-refractivity contribution in [3.8, 4) is 0 Å². The van der Waals surface area contributed by atoms with E-state index in [0.29, 0.717) is 6.04 Å². The van der Waals surface area contributed by atoms with Crippen LogP contribution in [0, 0.1) is 5.92 Å². The maximum atomic E-state index is 2.79. The van der Waals surface area contributed by atoms with Gasteiger partial charge in [-0.25, -0.2) is 0 Å². The first-order valence-corrected chi connectivity index (χ1v) is 9.26. The van der Waals surface area contributed by atoms with Crippen molar-refractivity contribution < 1.29 is 0 Å². The first kappa shape index (κ1) is 18.9. The van der Waals surface area contributed by atoms with Gasteiger partial charge < -0.3 is 4.90 Å². The first-order chi connectivity index (χ1) is 10.1. The highest BCUT2D eigenvalue weighted by atomic mass is 15.3. The second-order valence-corrected chi connectivity index (χ2v) is 6.89. The minimum Gasteiger partial charge on any atom is -0.306 e. The summed E-state index contributed by atoms with van der Waals surface area (Å²) < 4.78 is 0. The molecule has 2 aliphatic rings. The number of hydrogen-bond donors (Lipinski definition) is 0. The van der Waals surface area contributed by atoms with Crippen LogP contribution in [0.2, 0.25) is 0 Å². The Kier molecular flexibility index (Phi) is 8.84. The number of rotatable bonds is 4. The molecule has 0 aromatic rings. The fraction of sp³-hybridized carbons (Fsp3) is 1.00. The third kappa shape index (κ3) is 5.88. The van der Waals surface area contributed by atoms with Crippen LogP contribution in [0.3, 0.4) is 0 Å². The van der Waals surface area contributed by atoms with E-state index in [1.165, 1.54) is 58.5 Å². The minimum atomic E-state index is 0.708. The van der Waals surface area contributed by atoms with E-state index < -0.39 is 0 Å². The summed E-state index contributed by atoms with van der Waals surface area (Å²) in [5.41, 5.74) is 0. The number of piperazine rings is 1. The highest BCUT2D eigenvalue weighted by molar-refractivity contribution is 4.85. The Morgan fingerprint density at radius 2 is 1.62 bits per heavy atom. The molecule has 3 nitrogen and oxygen atoms in total. The van der Waals surface area contributed by atoms with Crippen molar-refractivity contribution in [2.45, 2.75) is 66.0 Å². The number of nitrogens with zero attached hydrogens (tertiary/aromatic N) is 3. The van der Waals surface area contributed by atoms with E-state index >= 15 is 0 Å². The highest BCUT2D eigenvalue weighted by Crippen LogP contribution is 2.22. The maximum absolute atomic E-state index is 2.79. The van der Waals surface area contributed by atoms with E-state index in [4.69, 9.17) is 0 Å². The molecule has 0 aromatic carbocycles. The van der Waals surface area contributed by atoms with Crippen molar-refractivity contribution >= 4 is 0 Å². The Bertz CT molecular complexity index is 259. The molecule has 0 aliphatic carbocycles. The third-order valence-corrected chi connectivity index (χ3v) is 5.17. The molecule has 0 aromatic heterocycles. The second-order valence-electron chi connectivity index (χ2n) is 6.89. The summed E-state index contributed by atoms with van der Waals surface area (Å²) in [6, 6.07) is 1.50. The Morgan fingerprint density at radius 1 is 1.00 bits per heavy atom. The van der Waals surface area contributed by atoms with E-state index in [1.807, 2.05) is 13.8 Å². The molecule has 1 unspecified atom stereocenters. The topological polar surface area (TPSA) is 9.72 Å². The van der Waals surface area contributed by atoms with E-state index in [0.717, 1.165) is 12.0 Å². The Balaban J connectivity index is 0.00000106. The molecule has 0 bridgehead atoms. The summed E-state index contributed by atoms with van der Waals surface area (Å²) in [4.78, 5) is 7.92. The molecular weight excluding hydrogens is 258 g/mol. The molecule has 0 radical (unpaired) electrons. The van der Waals surface area contributed by atoms with Crippen LogP contribution < -0.4 is 0 Å². The van der Waals surface area contributed by atoms with Crippen LogP contribution in [0.5, 0.6) is 0 Å². The molecule has 1 atom stereocenters. The molecule has 0 saturated carbocycles. The molecule has 21 heavy (non-hydrogen) atoms. The van der Waals surface area contributed by atoms with Gasteiger partial charge in [-0.3, -0.25) is 9.80 Å². The van der Waals surface area contributed by atoms with E-state index in [9.17, 15) is 0 Å². The average molecular weight is 298 g/mol. The van der Waals surface area contributed by atoms with Crippen LogP contribution in [0.25, 0.3) is 0 Å². The zero-order valence-electron chi connectivity index (χ0n) is 15.4. The van der Waals surface area contributed by atoms with Gasteiger partial charge >= 0.3 is 0 Å². The van der Waals surface area contributed by atoms with Gasteiger partial charge in [0.05, 0.1) is 0 Å². The van der Waals surface area contributed by atoms with Crippen molar-refractivity contribution in [1.29, 1.82) is 0 Å². The molecule has 126 valence electrons. The fourth-order valence-corrected chi connectivity index (χ4v) is 3.59. The van der Waals surface area contributed by atoms with Crippen molar-refractivity contribution in [3.63, 3.8) is 0 Å². The number of piperidine rings is 1. The Hall–Kier alpha value is -0.120. The van der Waals surface area contributed by atoms with Gasteiger partial charge in [0.15, 0.2) is 0 Å². The first-order valence-electron chi connectivity index (χ1n) is 9.26. The predicted molar refractivity (Wildman–Crippen MR) is 93.9 cm³/mol. The summed E-state index contributed by atoms with van der Waals surface area (Å²) >= 11 is 0. The van der Waals surface area contributed by atoms with Crippen molar-refractivity contribution in [3.05, 3.63) is 0 Å². The molecule has 0 amide bonds. The standard InChI is InChI=1S/C16H33N3.C2H6/c1-5-16-13-18(14(2)3)10-11-19(16)12-15-6-8-17(4)9-7-15;1-2/h14-16H,5-13H2,1-4H3;1-2H3. The molecule has 3 heteroatoms. The predicted octanol–water partition coefficient (Wildman–Crippen LogP) is 3.16. The van der Waals surface area contributed by atoms with Crippen LogP contribution in [0.1, 0.15) is 53.9 Å². The third-order valence-electron chi connectivity index (χ3n) is 5.17. The second kappa shape index (κ2) is 9.81. The van der Waals surface area contributed by atoms with E-state index in [-0.39, 0.29) is 0 Å². The molecular formula is C18H39N3. The summed E-state index contributed by atoms with van der Waals surface area (Å²) in [5, 5.41) is 0. The van der Waals surface area contributed by atoms with Crippen molar-refractivity contribution in [1.82, 2.24) is 14.7 Å². The van der Waals surface area contributed by atoms with E-state index in [2.05, 4.69) is 42.5 Å². The maximum Gasteiger partial charge on any atom is 0.0221 e.